The quantitative estimate of drug-likeness (QED) is 0.752. The molecule has 1 N–H and O–H groups in total. The van der Waals surface area contributed by atoms with Gasteiger partial charge in [-0.3, -0.25) is 9.78 Å². The van der Waals surface area contributed by atoms with Crippen molar-refractivity contribution in [3.63, 3.8) is 0 Å². The number of hydrogen-bond acceptors (Lipinski definition) is 3. The topological polar surface area (TPSA) is 45.2 Å². The first-order chi connectivity index (χ1) is 13.4. The number of nitrogens with zero attached hydrogens (tertiary/aromatic N) is 2. The van der Waals surface area contributed by atoms with Gasteiger partial charge in [0.05, 0.1) is 11.4 Å². The third-order valence-corrected chi connectivity index (χ3v) is 4.93. The second kappa shape index (κ2) is 7.72. The van der Waals surface area contributed by atoms with E-state index >= 15 is 0 Å². The third-order valence-electron chi connectivity index (χ3n) is 4.93. The number of rotatable bonds is 3. The molecule has 2 aromatic rings. The molecular weight excluding hydrogens is 400 g/mol. The van der Waals surface area contributed by atoms with Gasteiger partial charge in [0.2, 0.25) is 5.91 Å². The van der Waals surface area contributed by atoms with Gasteiger partial charge in [0.25, 0.3) is 0 Å². The van der Waals surface area contributed by atoms with Crippen molar-refractivity contribution in [1.82, 2.24) is 10.3 Å². The lowest BCUT2D eigenvalue weighted by atomic mass is 9.92. The molecule has 2 atom stereocenters. The van der Waals surface area contributed by atoms with E-state index in [1.54, 1.807) is 30.5 Å². The van der Waals surface area contributed by atoms with E-state index < -0.39 is 43.1 Å². The summed E-state index contributed by atoms with van der Waals surface area (Å²) >= 11 is 0. The summed E-state index contributed by atoms with van der Waals surface area (Å²) in [5, 5.41) is 2.77. The molecule has 29 heavy (non-hydrogen) atoms. The maximum atomic E-state index is 13.5. The largest absolute Gasteiger partial charge is 0.397 e. The van der Waals surface area contributed by atoms with Gasteiger partial charge in [-0.15, -0.1) is 0 Å². The minimum Gasteiger partial charge on any atom is -0.368 e. The molecule has 0 saturated carbocycles. The number of benzene rings is 1. The number of aromatic nitrogens is 1. The van der Waals surface area contributed by atoms with Gasteiger partial charge >= 0.3 is 12.4 Å². The van der Waals surface area contributed by atoms with Gasteiger partial charge in [0, 0.05) is 36.4 Å². The fraction of sp³-hybridized carbons (Fsp3) is 0.474. The number of alkyl halides is 6. The molecule has 1 amide bonds. The average molecular weight is 419 g/mol. The molecule has 0 aliphatic carbocycles. The Hall–Kier alpha value is -2.52. The Balaban J connectivity index is 1.90. The molecule has 1 saturated heterocycles. The van der Waals surface area contributed by atoms with E-state index in [4.69, 9.17) is 0 Å². The zero-order valence-electron chi connectivity index (χ0n) is 15.4. The first-order valence-corrected chi connectivity index (χ1v) is 8.96. The highest BCUT2D eigenvalue weighted by Crippen LogP contribution is 2.37. The Bertz CT molecular complexity index is 896. The van der Waals surface area contributed by atoms with Gasteiger partial charge in [-0.25, -0.2) is 0 Å². The fourth-order valence-electron chi connectivity index (χ4n) is 3.67. The molecule has 0 radical (unpaired) electrons. The summed E-state index contributed by atoms with van der Waals surface area (Å²) in [6.45, 7) is 1.46. The molecule has 3 rings (SSSR count). The van der Waals surface area contributed by atoms with Crippen LogP contribution in [0.1, 0.15) is 18.4 Å². The zero-order chi connectivity index (χ0) is 21.4. The van der Waals surface area contributed by atoms with Crippen LogP contribution in [0.15, 0.2) is 30.5 Å². The monoisotopic (exact) mass is 419 g/mol. The lowest BCUT2D eigenvalue weighted by molar-refractivity contribution is -0.178. The standard InChI is InChI=1S/C19H19F6N3O/c1-11-4-5-15(14-3-2-6-26-17(11)14)28-9-12(19(23,24)25)7-13(10-28)27-16(29)8-18(20,21)22/h2-6,12-13H,7-10H2,1H3,(H,27,29). The van der Waals surface area contributed by atoms with Crippen LogP contribution in [0.25, 0.3) is 10.9 Å². The van der Waals surface area contributed by atoms with Crippen molar-refractivity contribution in [2.45, 2.75) is 38.2 Å². The minimum atomic E-state index is -4.72. The van der Waals surface area contributed by atoms with Crippen LogP contribution in [0.5, 0.6) is 0 Å². The molecule has 1 aromatic carbocycles. The molecule has 1 fully saturated rings. The Morgan fingerprint density at radius 1 is 1.17 bits per heavy atom. The van der Waals surface area contributed by atoms with Crippen molar-refractivity contribution in [1.29, 1.82) is 0 Å². The molecular formula is C19H19F6N3O. The van der Waals surface area contributed by atoms with Crippen LogP contribution in [0.3, 0.4) is 0 Å². The summed E-state index contributed by atoms with van der Waals surface area (Å²) in [4.78, 5) is 17.4. The van der Waals surface area contributed by atoms with E-state index in [2.05, 4.69) is 10.3 Å². The highest BCUT2D eigenvalue weighted by atomic mass is 19.4. The van der Waals surface area contributed by atoms with E-state index in [9.17, 15) is 31.1 Å². The molecule has 0 bridgehead atoms. The van der Waals surface area contributed by atoms with Gasteiger partial charge in [-0.1, -0.05) is 6.07 Å². The van der Waals surface area contributed by atoms with Crippen molar-refractivity contribution >= 4 is 22.5 Å². The second-order valence-corrected chi connectivity index (χ2v) is 7.24. The predicted octanol–water partition coefficient (Wildman–Crippen LogP) is 4.37. The van der Waals surface area contributed by atoms with Crippen molar-refractivity contribution < 1.29 is 31.1 Å². The number of halogens is 6. The van der Waals surface area contributed by atoms with E-state index in [1.807, 2.05) is 6.92 Å². The van der Waals surface area contributed by atoms with Crippen LogP contribution < -0.4 is 10.2 Å². The normalized spacial score (nSPS) is 20.7. The number of hydrogen-bond donors (Lipinski definition) is 1. The van der Waals surface area contributed by atoms with Gasteiger partial charge in [-0.2, -0.15) is 26.3 Å². The minimum absolute atomic E-state index is 0.0246. The second-order valence-electron chi connectivity index (χ2n) is 7.24. The first-order valence-electron chi connectivity index (χ1n) is 8.96. The maximum absolute atomic E-state index is 13.5. The van der Waals surface area contributed by atoms with Crippen LogP contribution in [0.2, 0.25) is 0 Å². The summed E-state index contributed by atoms with van der Waals surface area (Å²) in [6, 6.07) is 5.75. The Morgan fingerprint density at radius 2 is 1.90 bits per heavy atom. The lowest BCUT2D eigenvalue weighted by Crippen LogP contribution is -2.54. The highest BCUT2D eigenvalue weighted by molar-refractivity contribution is 5.93. The zero-order valence-corrected chi connectivity index (χ0v) is 15.4. The van der Waals surface area contributed by atoms with Crippen LogP contribution in [0.4, 0.5) is 32.0 Å². The lowest BCUT2D eigenvalue weighted by Gasteiger charge is -2.40. The number of carbonyl (C=O) groups excluding carboxylic acids is 1. The van der Waals surface area contributed by atoms with Gasteiger partial charge < -0.3 is 10.2 Å². The van der Waals surface area contributed by atoms with Crippen molar-refractivity contribution in [2.24, 2.45) is 5.92 Å². The van der Waals surface area contributed by atoms with E-state index in [0.717, 1.165) is 5.56 Å². The highest BCUT2D eigenvalue weighted by Gasteiger charge is 2.45. The van der Waals surface area contributed by atoms with Crippen LogP contribution in [0, 0.1) is 12.8 Å². The Kier molecular flexibility index (Phi) is 5.64. The number of piperidine rings is 1. The van der Waals surface area contributed by atoms with Gasteiger partial charge in [0.15, 0.2) is 0 Å². The van der Waals surface area contributed by atoms with E-state index in [1.165, 1.54) is 4.90 Å². The summed E-state index contributed by atoms with van der Waals surface area (Å²) in [5.41, 5.74) is 1.99. The summed E-state index contributed by atoms with van der Waals surface area (Å²) in [6.07, 6.45) is -9.87. The summed E-state index contributed by atoms with van der Waals surface area (Å²) in [7, 11) is 0. The summed E-state index contributed by atoms with van der Waals surface area (Å²) in [5.74, 6) is -3.11. The van der Waals surface area contributed by atoms with Crippen molar-refractivity contribution in [2.75, 3.05) is 18.0 Å². The number of anilines is 1. The Morgan fingerprint density at radius 3 is 2.55 bits per heavy atom. The van der Waals surface area contributed by atoms with E-state index in [-0.39, 0.29) is 13.1 Å². The average Bonchev–Trinajstić information content (AvgIpc) is 2.59. The molecule has 10 heteroatoms. The molecule has 1 aliphatic heterocycles. The number of fused-ring (bicyclic) bond motifs is 1. The number of pyridine rings is 1. The van der Waals surface area contributed by atoms with Crippen LogP contribution in [-0.4, -0.2) is 42.4 Å². The van der Waals surface area contributed by atoms with Crippen molar-refractivity contribution in [3.05, 3.63) is 36.0 Å². The number of carbonyl (C=O) groups is 1. The summed E-state index contributed by atoms with van der Waals surface area (Å²) < 4.78 is 77.6. The van der Waals surface area contributed by atoms with Crippen LogP contribution >= 0.6 is 0 Å². The van der Waals surface area contributed by atoms with Gasteiger partial charge in [-0.05, 0) is 37.1 Å². The fourth-order valence-corrected chi connectivity index (χ4v) is 3.67. The predicted molar refractivity (Wildman–Crippen MR) is 95.5 cm³/mol. The molecule has 1 aromatic heterocycles. The molecule has 0 spiro atoms. The molecule has 2 unspecified atom stereocenters. The third kappa shape index (κ3) is 5.10. The Labute approximate surface area is 162 Å². The molecule has 1 aliphatic rings. The van der Waals surface area contributed by atoms with E-state index in [0.29, 0.717) is 16.6 Å². The smallest absolute Gasteiger partial charge is 0.368 e. The molecule has 158 valence electrons. The maximum Gasteiger partial charge on any atom is 0.397 e. The first kappa shape index (κ1) is 21.2. The number of aryl methyl sites for hydroxylation is 1. The van der Waals surface area contributed by atoms with Crippen LogP contribution in [-0.2, 0) is 4.79 Å². The SMILES string of the molecule is Cc1ccc(N2CC(NC(=O)CC(F)(F)F)CC(C(F)(F)F)C2)c2cccnc12. The number of amides is 1. The van der Waals surface area contributed by atoms with Crippen molar-refractivity contribution in [3.8, 4) is 0 Å². The number of nitrogens with one attached hydrogen (secondary N) is 1. The van der Waals surface area contributed by atoms with Gasteiger partial charge in [0.1, 0.15) is 6.42 Å². The molecule has 2 heterocycles. The molecule has 4 nitrogen and oxygen atoms in total.